The van der Waals surface area contributed by atoms with E-state index in [0.29, 0.717) is 16.5 Å². The summed E-state index contributed by atoms with van der Waals surface area (Å²) in [4.78, 5) is 31.6. The molecule has 0 spiro atoms. The number of furan rings is 1. The summed E-state index contributed by atoms with van der Waals surface area (Å²) >= 11 is 1.35. The Kier molecular flexibility index (Phi) is 4.27. The SMILES string of the molecule is Cc1c(C(=O)Nc2nc(-c3ccc4c(c3)C(C)(C)C(=O)N4C)cs2)oc2ccccc12. The molecule has 2 aromatic heterocycles. The maximum atomic E-state index is 12.8. The highest BCUT2D eigenvalue weighted by molar-refractivity contribution is 7.14. The van der Waals surface area contributed by atoms with Crippen LogP contribution in [0.15, 0.2) is 52.3 Å². The molecule has 0 aliphatic carbocycles. The Morgan fingerprint density at radius 3 is 2.74 bits per heavy atom. The molecule has 0 radical (unpaired) electrons. The number of benzene rings is 2. The largest absolute Gasteiger partial charge is 0.451 e. The first-order valence-electron chi connectivity index (χ1n) is 9.95. The van der Waals surface area contributed by atoms with Crippen LogP contribution in [0.4, 0.5) is 10.8 Å². The van der Waals surface area contributed by atoms with Crippen LogP contribution in [0.5, 0.6) is 0 Å². The van der Waals surface area contributed by atoms with Crippen molar-refractivity contribution in [1.29, 1.82) is 0 Å². The lowest BCUT2D eigenvalue weighted by Gasteiger charge is -2.16. The topological polar surface area (TPSA) is 75.4 Å². The number of nitrogens with one attached hydrogen (secondary N) is 1. The Labute approximate surface area is 183 Å². The monoisotopic (exact) mass is 431 g/mol. The highest BCUT2D eigenvalue weighted by Crippen LogP contribution is 2.42. The third-order valence-electron chi connectivity index (χ3n) is 5.94. The molecule has 0 saturated carbocycles. The number of amides is 2. The van der Waals surface area contributed by atoms with E-state index in [1.165, 1.54) is 11.3 Å². The number of fused-ring (bicyclic) bond motifs is 2. The number of hydrogen-bond acceptors (Lipinski definition) is 5. The molecule has 1 N–H and O–H groups in total. The van der Waals surface area contributed by atoms with Crippen LogP contribution in [-0.4, -0.2) is 23.8 Å². The van der Waals surface area contributed by atoms with E-state index in [9.17, 15) is 9.59 Å². The minimum Gasteiger partial charge on any atom is -0.451 e. The number of rotatable bonds is 3. The van der Waals surface area contributed by atoms with Crippen molar-refractivity contribution in [3.63, 3.8) is 0 Å². The van der Waals surface area contributed by atoms with Crippen LogP contribution >= 0.6 is 11.3 Å². The fraction of sp³-hybridized carbons (Fsp3) is 0.208. The lowest BCUT2D eigenvalue weighted by molar-refractivity contribution is -0.121. The second-order valence-electron chi connectivity index (χ2n) is 8.27. The van der Waals surface area contributed by atoms with E-state index in [0.717, 1.165) is 33.5 Å². The van der Waals surface area contributed by atoms with Crippen LogP contribution in [0.2, 0.25) is 0 Å². The van der Waals surface area contributed by atoms with Gasteiger partial charge in [0.2, 0.25) is 5.91 Å². The van der Waals surface area contributed by atoms with E-state index in [1.807, 2.05) is 68.6 Å². The zero-order valence-corrected chi connectivity index (χ0v) is 18.5. The molecule has 4 aromatic rings. The molecule has 0 bridgehead atoms. The number of likely N-dealkylation sites (N-methyl/N-ethyl adjacent to an activating group) is 1. The van der Waals surface area contributed by atoms with Gasteiger partial charge in [-0.15, -0.1) is 11.3 Å². The fourth-order valence-corrected chi connectivity index (χ4v) is 4.86. The van der Waals surface area contributed by atoms with E-state index in [-0.39, 0.29) is 11.8 Å². The van der Waals surface area contributed by atoms with Crippen LogP contribution in [0.1, 0.15) is 35.5 Å². The summed E-state index contributed by atoms with van der Waals surface area (Å²) in [6.45, 7) is 5.74. The summed E-state index contributed by atoms with van der Waals surface area (Å²) in [6.07, 6.45) is 0. The van der Waals surface area contributed by atoms with Gasteiger partial charge in [0.15, 0.2) is 10.9 Å². The molecule has 3 heterocycles. The first kappa shape index (κ1) is 19.5. The van der Waals surface area contributed by atoms with Gasteiger partial charge in [-0.1, -0.05) is 24.3 Å². The zero-order chi connectivity index (χ0) is 21.9. The molecule has 2 amide bonds. The predicted octanol–water partition coefficient (Wildman–Crippen LogP) is 5.37. The molecule has 31 heavy (non-hydrogen) atoms. The van der Waals surface area contributed by atoms with Gasteiger partial charge in [-0.3, -0.25) is 14.9 Å². The Balaban J connectivity index is 1.42. The number of carbonyl (C=O) groups is 2. The second kappa shape index (κ2) is 6.78. The van der Waals surface area contributed by atoms with Crippen LogP contribution in [-0.2, 0) is 10.2 Å². The number of thiazole rings is 1. The highest BCUT2D eigenvalue weighted by atomic mass is 32.1. The third kappa shape index (κ3) is 2.96. The van der Waals surface area contributed by atoms with Crippen molar-refractivity contribution in [2.45, 2.75) is 26.2 Å². The smallest absolute Gasteiger partial charge is 0.293 e. The highest BCUT2D eigenvalue weighted by Gasteiger charge is 2.42. The van der Waals surface area contributed by atoms with Crippen LogP contribution in [0.3, 0.4) is 0 Å². The van der Waals surface area contributed by atoms with Crippen molar-refractivity contribution < 1.29 is 14.0 Å². The van der Waals surface area contributed by atoms with Gasteiger partial charge in [0.25, 0.3) is 5.91 Å². The molecular formula is C24H21N3O3S. The molecule has 156 valence electrons. The summed E-state index contributed by atoms with van der Waals surface area (Å²) in [6, 6.07) is 13.5. The Hall–Kier alpha value is -3.45. The molecule has 0 atom stereocenters. The van der Waals surface area contributed by atoms with Gasteiger partial charge in [0.05, 0.1) is 11.1 Å². The Morgan fingerprint density at radius 1 is 1.19 bits per heavy atom. The summed E-state index contributed by atoms with van der Waals surface area (Å²) in [5.41, 5.74) is 4.47. The van der Waals surface area contributed by atoms with E-state index in [2.05, 4.69) is 10.3 Å². The molecule has 5 rings (SSSR count). The summed E-state index contributed by atoms with van der Waals surface area (Å²) in [7, 11) is 1.80. The van der Waals surface area contributed by atoms with Gasteiger partial charge in [-0.25, -0.2) is 4.98 Å². The minimum absolute atomic E-state index is 0.0760. The Bertz CT molecular complexity index is 1370. The molecule has 0 saturated heterocycles. The van der Waals surface area contributed by atoms with Crippen molar-refractivity contribution in [1.82, 2.24) is 4.98 Å². The third-order valence-corrected chi connectivity index (χ3v) is 6.70. The lowest BCUT2D eigenvalue weighted by atomic mass is 9.85. The van der Waals surface area contributed by atoms with Gasteiger partial charge in [0.1, 0.15) is 5.58 Å². The molecule has 1 aliphatic heterocycles. The number of hydrogen-bond donors (Lipinski definition) is 1. The average molecular weight is 432 g/mol. The van der Waals surface area contributed by atoms with Crippen molar-refractivity contribution in [3.8, 4) is 11.3 Å². The number of nitrogens with zero attached hydrogens (tertiary/aromatic N) is 2. The molecule has 0 unspecified atom stereocenters. The number of para-hydroxylation sites is 1. The van der Waals surface area contributed by atoms with E-state index >= 15 is 0 Å². The second-order valence-corrected chi connectivity index (χ2v) is 9.12. The van der Waals surface area contributed by atoms with Gasteiger partial charge in [-0.05, 0) is 44.5 Å². The van der Waals surface area contributed by atoms with Gasteiger partial charge in [0, 0.05) is 34.6 Å². The zero-order valence-electron chi connectivity index (χ0n) is 17.6. The number of anilines is 2. The van der Waals surface area contributed by atoms with E-state index in [4.69, 9.17) is 4.42 Å². The molecule has 7 heteroatoms. The van der Waals surface area contributed by atoms with E-state index < -0.39 is 5.41 Å². The lowest BCUT2D eigenvalue weighted by Crippen LogP contribution is -2.33. The van der Waals surface area contributed by atoms with Crippen molar-refractivity contribution in [3.05, 3.63) is 64.7 Å². The van der Waals surface area contributed by atoms with Gasteiger partial charge in [-0.2, -0.15) is 0 Å². The van der Waals surface area contributed by atoms with Crippen molar-refractivity contribution in [2.75, 3.05) is 17.3 Å². The minimum atomic E-state index is -0.577. The summed E-state index contributed by atoms with van der Waals surface area (Å²) in [5.74, 6) is 0.0442. The predicted molar refractivity (Wildman–Crippen MR) is 123 cm³/mol. The van der Waals surface area contributed by atoms with Gasteiger partial charge < -0.3 is 9.32 Å². The van der Waals surface area contributed by atoms with Crippen molar-refractivity contribution in [2.24, 2.45) is 0 Å². The molecule has 1 aliphatic rings. The number of aryl methyl sites for hydroxylation is 1. The fourth-order valence-electron chi connectivity index (χ4n) is 4.14. The Morgan fingerprint density at radius 2 is 1.97 bits per heavy atom. The molecular weight excluding hydrogens is 410 g/mol. The van der Waals surface area contributed by atoms with Gasteiger partial charge >= 0.3 is 0 Å². The summed E-state index contributed by atoms with van der Waals surface area (Å²) in [5, 5.41) is 6.16. The van der Waals surface area contributed by atoms with E-state index in [1.54, 1.807) is 11.9 Å². The average Bonchev–Trinajstić information content (AvgIpc) is 3.41. The standard InChI is InChI=1S/C24H21N3O3S/c1-13-15-7-5-6-8-19(15)30-20(13)21(28)26-23-25-17(12-31-23)14-9-10-18-16(11-14)24(2,3)22(29)27(18)4/h5-12H,1-4H3,(H,25,26,28). The van der Waals surface area contributed by atoms with Crippen molar-refractivity contribution >= 4 is 44.9 Å². The first-order valence-corrected chi connectivity index (χ1v) is 10.8. The molecule has 6 nitrogen and oxygen atoms in total. The maximum absolute atomic E-state index is 12.8. The van der Waals surface area contributed by atoms with Crippen LogP contribution < -0.4 is 10.2 Å². The normalized spacial score (nSPS) is 14.8. The maximum Gasteiger partial charge on any atom is 0.293 e. The summed E-state index contributed by atoms with van der Waals surface area (Å²) < 4.78 is 5.75. The molecule has 0 fully saturated rings. The number of aromatic nitrogens is 1. The quantitative estimate of drug-likeness (QED) is 0.473. The number of carbonyl (C=O) groups excluding carboxylic acids is 2. The first-order chi connectivity index (χ1) is 14.8. The molecule has 2 aromatic carbocycles. The van der Waals surface area contributed by atoms with Crippen LogP contribution in [0.25, 0.3) is 22.2 Å². The van der Waals surface area contributed by atoms with Crippen LogP contribution in [0, 0.1) is 6.92 Å².